The van der Waals surface area contributed by atoms with Gasteiger partial charge in [-0.15, -0.1) is 0 Å². The molecule has 2 fully saturated rings. The van der Waals surface area contributed by atoms with Crippen LogP contribution in [0.1, 0.15) is 123 Å². The Morgan fingerprint density at radius 1 is 0.931 bits per heavy atom. The van der Waals surface area contributed by atoms with Gasteiger partial charge >= 0.3 is 0 Å². The first kappa shape index (κ1) is 24.4. The van der Waals surface area contributed by atoms with Crippen LogP contribution in [0.3, 0.4) is 0 Å². The first-order chi connectivity index (χ1) is 14.1. The van der Waals surface area contributed by atoms with E-state index >= 15 is 0 Å². The highest BCUT2D eigenvalue weighted by Crippen LogP contribution is 2.46. The number of fused-ring (bicyclic) bond motifs is 1. The molecule has 1 heterocycles. The van der Waals surface area contributed by atoms with E-state index in [-0.39, 0.29) is 0 Å². The van der Waals surface area contributed by atoms with Crippen molar-refractivity contribution in [3.63, 3.8) is 0 Å². The molecule has 1 spiro atoms. The Balaban J connectivity index is 0.000000226. The van der Waals surface area contributed by atoms with Crippen LogP contribution in [0.25, 0.3) is 0 Å². The Bertz CT molecular complexity index is 544. The zero-order valence-electron chi connectivity index (χ0n) is 20.2. The molecular weight excluding hydrogens is 352 g/mol. The van der Waals surface area contributed by atoms with Crippen molar-refractivity contribution >= 4 is 0 Å². The summed E-state index contributed by atoms with van der Waals surface area (Å²) in [4.78, 5) is 0. The standard InChI is InChI=1S/C18H28.C8H14O.C2H6/c1-4-12-18(13-10-15(3)5-2)14-11-16-8-6-7-9-17(16)18;1-2-5-8(4-1)6-3-7-9-8;1-2/h6-9,15H,4-5,10-14H2,1-3H3;1-7H2;1-2H3. The summed E-state index contributed by atoms with van der Waals surface area (Å²) in [6.45, 7) is 12.1. The summed E-state index contributed by atoms with van der Waals surface area (Å²) in [6.07, 6.45) is 17.6. The van der Waals surface area contributed by atoms with Gasteiger partial charge in [-0.1, -0.05) is 84.6 Å². The normalized spacial score (nSPS) is 25.0. The van der Waals surface area contributed by atoms with Gasteiger partial charge in [0.2, 0.25) is 0 Å². The largest absolute Gasteiger partial charge is 0.375 e. The summed E-state index contributed by atoms with van der Waals surface area (Å²) in [5.41, 5.74) is 4.19. The number of hydrogen-bond donors (Lipinski definition) is 0. The van der Waals surface area contributed by atoms with Crippen molar-refractivity contribution in [1.29, 1.82) is 0 Å². The number of rotatable bonds is 6. The molecule has 1 saturated heterocycles. The van der Waals surface area contributed by atoms with E-state index in [4.69, 9.17) is 4.74 Å². The van der Waals surface area contributed by atoms with Gasteiger partial charge in [-0.3, -0.25) is 0 Å². The fraction of sp³-hybridized carbons (Fsp3) is 0.786. The summed E-state index contributed by atoms with van der Waals surface area (Å²) in [7, 11) is 0. The predicted molar refractivity (Wildman–Crippen MR) is 128 cm³/mol. The molecule has 2 aliphatic carbocycles. The van der Waals surface area contributed by atoms with Gasteiger partial charge in [0.05, 0.1) is 5.60 Å². The second-order valence-electron chi connectivity index (χ2n) is 9.58. The number of aryl methyl sites for hydroxylation is 1. The van der Waals surface area contributed by atoms with Gasteiger partial charge in [0.1, 0.15) is 0 Å². The number of ether oxygens (including phenoxy) is 1. The topological polar surface area (TPSA) is 9.23 Å². The first-order valence-electron chi connectivity index (χ1n) is 12.9. The van der Waals surface area contributed by atoms with E-state index in [1.54, 1.807) is 11.1 Å². The molecule has 1 saturated carbocycles. The highest BCUT2D eigenvalue weighted by molar-refractivity contribution is 5.39. The lowest BCUT2D eigenvalue weighted by atomic mass is 9.73. The third-order valence-electron chi connectivity index (χ3n) is 7.70. The second-order valence-corrected chi connectivity index (χ2v) is 9.58. The van der Waals surface area contributed by atoms with Crippen LogP contribution in [0.2, 0.25) is 0 Å². The van der Waals surface area contributed by atoms with E-state index in [0.29, 0.717) is 11.0 Å². The molecule has 1 aromatic rings. The second kappa shape index (κ2) is 12.1. The van der Waals surface area contributed by atoms with Crippen molar-refractivity contribution in [2.75, 3.05) is 6.61 Å². The summed E-state index contributed by atoms with van der Waals surface area (Å²) in [5.74, 6) is 0.881. The molecule has 0 aromatic heterocycles. The molecule has 1 aliphatic heterocycles. The maximum absolute atomic E-state index is 5.70. The zero-order chi connectivity index (χ0) is 21.2. The molecular formula is C28H48O. The summed E-state index contributed by atoms with van der Waals surface area (Å²) in [6, 6.07) is 9.18. The third kappa shape index (κ3) is 6.33. The van der Waals surface area contributed by atoms with E-state index in [2.05, 4.69) is 45.0 Å². The average Bonchev–Trinajstić information content (AvgIpc) is 3.51. The van der Waals surface area contributed by atoms with Gasteiger partial charge in [-0.25, -0.2) is 0 Å². The number of benzene rings is 1. The Labute approximate surface area is 182 Å². The fourth-order valence-electron chi connectivity index (χ4n) is 5.78. The van der Waals surface area contributed by atoms with Crippen LogP contribution in [0.4, 0.5) is 0 Å². The molecule has 2 atom stereocenters. The lowest BCUT2D eigenvalue weighted by molar-refractivity contribution is 0.0105. The molecule has 0 bridgehead atoms. The molecule has 0 N–H and O–H groups in total. The van der Waals surface area contributed by atoms with Crippen LogP contribution in [-0.4, -0.2) is 12.2 Å². The Kier molecular flexibility index (Phi) is 10.2. The predicted octanol–water partition coefficient (Wildman–Crippen LogP) is 8.63. The smallest absolute Gasteiger partial charge is 0.0683 e. The van der Waals surface area contributed by atoms with Crippen LogP contribution < -0.4 is 0 Å². The first-order valence-corrected chi connectivity index (χ1v) is 12.9. The molecule has 166 valence electrons. The van der Waals surface area contributed by atoms with Gasteiger partial charge in [0.15, 0.2) is 0 Å². The van der Waals surface area contributed by atoms with E-state index in [0.717, 1.165) is 12.5 Å². The molecule has 0 radical (unpaired) electrons. The van der Waals surface area contributed by atoms with Gasteiger partial charge < -0.3 is 4.74 Å². The molecule has 4 rings (SSSR count). The summed E-state index contributed by atoms with van der Waals surface area (Å²) < 4.78 is 5.70. The molecule has 29 heavy (non-hydrogen) atoms. The SMILES string of the molecule is C1CCC2(C1)CCCO2.CC.CCCC1(CCC(C)CC)CCc2ccccc21. The minimum atomic E-state index is 0.389. The van der Waals surface area contributed by atoms with Crippen molar-refractivity contribution in [2.24, 2.45) is 5.92 Å². The van der Waals surface area contributed by atoms with Crippen molar-refractivity contribution < 1.29 is 4.74 Å². The van der Waals surface area contributed by atoms with Gasteiger partial charge in [0.25, 0.3) is 0 Å². The Morgan fingerprint density at radius 3 is 2.24 bits per heavy atom. The summed E-state index contributed by atoms with van der Waals surface area (Å²) >= 11 is 0. The maximum atomic E-state index is 5.70. The molecule has 0 amide bonds. The van der Waals surface area contributed by atoms with Crippen LogP contribution in [0, 0.1) is 5.92 Å². The maximum Gasteiger partial charge on any atom is 0.0683 e. The summed E-state index contributed by atoms with van der Waals surface area (Å²) in [5, 5.41) is 0. The molecule has 1 heteroatoms. The monoisotopic (exact) mass is 400 g/mol. The van der Waals surface area contributed by atoms with Crippen molar-refractivity contribution in [3.8, 4) is 0 Å². The van der Waals surface area contributed by atoms with Gasteiger partial charge in [-0.2, -0.15) is 0 Å². The van der Waals surface area contributed by atoms with Crippen LogP contribution in [0.15, 0.2) is 24.3 Å². The van der Waals surface area contributed by atoms with Crippen LogP contribution in [-0.2, 0) is 16.6 Å². The van der Waals surface area contributed by atoms with E-state index in [9.17, 15) is 0 Å². The van der Waals surface area contributed by atoms with E-state index in [1.807, 2.05) is 13.8 Å². The van der Waals surface area contributed by atoms with E-state index < -0.39 is 0 Å². The van der Waals surface area contributed by atoms with Gasteiger partial charge in [-0.05, 0) is 80.2 Å². The molecule has 2 unspecified atom stereocenters. The van der Waals surface area contributed by atoms with Crippen molar-refractivity contribution in [2.45, 2.75) is 129 Å². The molecule has 1 nitrogen and oxygen atoms in total. The quantitative estimate of drug-likeness (QED) is 0.464. The third-order valence-corrected chi connectivity index (χ3v) is 7.70. The Morgan fingerprint density at radius 2 is 1.62 bits per heavy atom. The minimum absolute atomic E-state index is 0.389. The fourth-order valence-corrected chi connectivity index (χ4v) is 5.78. The van der Waals surface area contributed by atoms with Crippen LogP contribution in [0.5, 0.6) is 0 Å². The Hall–Kier alpha value is -0.820. The number of hydrogen-bond acceptors (Lipinski definition) is 1. The van der Waals surface area contributed by atoms with Crippen LogP contribution >= 0.6 is 0 Å². The molecule has 1 aromatic carbocycles. The lowest BCUT2D eigenvalue weighted by Crippen LogP contribution is -2.23. The lowest BCUT2D eigenvalue weighted by Gasteiger charge is -2.31. The highest BCUT2D eigenvalue weighted by atomic mass is 16.5. The minimum Gasteiger partial charge on any atom is -0.375 e. The zero-order valence-corrected chi connectivity index (χ0v) is 20.2. The van der Waals surface area contributed by atoms with Crippen molar-refractivity contribution in [1.82, 2.24) is 0 Å². The van der Waals surface area contributed by atoms with Gasteiger partial charge in [0, 0.05) is 6.61 Å². The van der Waals surface area contributed by atoms with E-state index in [1.165, 1.54) is 83.5 Å². The van der Waals surface area contributed by atoms with Crippen molar-refractivity contribution in [3.05, 3.63) is 35.4 Å². The average molecular weight is 401 g/mol. The highest BCUT2D eigenvalue weighted by Gasteiger charge is 2.38. The molecule has 3 aliphatic rings.